The largest absolute Gasteiger partial charge is 0.484 e. The molecule has 1 atom stereocenters. The zero-order chi connectivity index (χ0) is 23.9. The summed E-state index contributed by atoms with van der Waals surface area (Å²) in [5, 5.41) is 11.6. The maximum Gasteiger partial charge on any atom is 0.318 e. The van der Waals surface area contributed by atoms with E-state index in [1.165, 1.54) is 0 Å². The lowest BCUT2D eigenvalue weighted by Crippen LogP contribution is -2.46. The third-order valence-corrected chi connectivity index (χ3v) is 6.18. The zero-order valence-electron chi connectivity index (χ0n) is 19.4. The minimum absolute atomic E-state index is 0.000578. The van der Waals surface area contributed by atoms with Crippen molar-refractivity contribution in [1.29, 1.82) is 0 Å². The maximum absolute atomic E-state index is 13.3. The Kier molecular flexibility index (Phi) is 7.03. The fourth-order valence-corrected chi connectivity index (χ4v) is 4.38. The van der Waals surface area contributed by atoms with Gasteiger partial charge in [0.15, 0.2) is 6.61 Å². The van der Waals surface area contributed by atoms with Crippen molar-refractivity contribution in [2.24, 2.45) is 0 Å². The third-order valence-electron chi connectivity index (χ3n) is 6.18. The predicted molar refractivity (Wildman–Crippen MR) is 132 cm³/mol. The van der Waals surface area contributed by atoms with E-state index in [1.54, 1.807) is 0 Å². The Labute approximate surface area is 204 Å². The number of urea groups is 1. The molecule has 1 saturated heterocycles. The highest BCUT2D eigenvalue weighted by Crippen LogP contribution is 2.28. The van der Waals surface area contributed by atoms with Crippen LogP contribution >= 0.6 is 0 Å². The van der Waals surface area contributed by atoms with Crippen LogP contribution in [0.3, 0.4) is 0 Å². The Hall–Kier alpha value is -4.13. The highest BCUT2D eigenvalue weighted by molar-refractivity contribution is 5.75. The smallest absolute Gasteiger partial charge is 0.318 e. The van der Waals surface area contributed by atoms with Crippen LogP contribution in [-0.2, 0) is 6.61 Å². The van der Waals surface area contributed by atoms with Crippen molar-refractivity contribution in [2.45, 2.75) is 31.4 Å². The molecule has 35 heavy (non-hydrogen) atoms. The number of hydrogen-bond acceptors (Lipinski definition) is 5. The van der Waals surface area contributed by atoms with Crippen molar-refractivity contribution in [3.05, 3.63) is 114 Å². The molecule has 1 aliphatic rings. The van der Waals surface area contributed by atoms with Crippen LogP contribution in [0.2, 0.25) is 0 Å². The SMILES string of the molecule is O=C(NC(c1ccccc1)c1ccccc1)N1CCCC(c2nnc(COc3ccccc3)o2)C1. The molecule has 1 unspecified atom stereocenters. The molecule has 1 aromatic heterocycles. The van der Waals surface area contributed by atoms with Crippen LogP contribution in [0.5, 0.6) is 5.75 Å². The number of hydrogen-bond donors (Lipinski definition) is 1. The van der Waals surface area contributed by atoms with Gasteiger partial charge in [0.1, 0.15) is 5.75 Å². The van der Waals surface area contributed by atoms with Crippen LogP contribution in [0.25, 0.3) is 0 Å². The number of nitrogens with zero attached hydrogens (tertiary/aromatic N) is 3. The zero-order valence-corrected chi connectivity index (χ0v) is 19.4. The summed E-state index contributed by atoms with van der Waals surface area (Å²) in [6.45, 7) is 1.43. The molecule has 1 N–H and O–H groups in total. The van der Waals surface area contributed by atoms with Crippen LogP contribution in [0.1, 0.15) is 47.7 Å². The Morgan fingerprint density at radius 1 is 0.943 bits per heavy atom. The quantitative estimate of drug-likeness (QED) is 0.397. The number of carbonyl (C=O) groups is 1. The van der Waals surface area contributed by atoms with Gasteiger partial charge >= 0.3 is 6.03 Å². The van der Waals surface area contributed by atoms with Gasteiger partial charge in [0, 0.05) is 13.1 Å². The van der Waals surface area contributed by atoms with Crippen molar-refractivity contribution < 1.29 is 13.9 Å². The number of piperidine rings is 1. The van der Waals surface area contributed by atoms with Gasteiger partial charge in [-0.05, 0) is 36.1 Å². The number of benzene rings is 3. The summed E-state index contributed by atoms with van der Waals surface area (Å²) >= 11 is 0. The molecular weight excluding hydrogens is 440 g/mol. The molecule has 3 aromatic carbocycles. The maximum atomic E-state index is 13.3. The number of rotatable bonds is 7. The summed E-state index contributed by atoms with van der Waals surface area (Å²) in [5.41, 5.74) is 2.08. The van der Waals surface area contributed by atoms with E-state index in [-0.39, 0.29) is 24.6 Å². The second-order valence-corrected chi connectivity index (χ2v) is 8.62. The number of nitrogens with one attached hydrogen (secondary N) is 1. The monoisotopic (exact) mass is 468 g/mol. The van der Waals surface area contributed by atoms with E-state index >= 15 is 0 Å². The highest BCUT2D eigenvalue weighted by Gasteiger charge is 2.30. The Bertz CT molecular complexity index is 1180. The fourth-order valence-electron chi connectivity index (χ4n) is 4.38. The molecule has 1 fully saturated rings. The van der Waals surface area contributed by atoms with Gasteiger partial charge < -0.3 is 19.4 Å². The van der Waals surface area contributed by atoms with E-state index in [0.29, 0.717) is 24.9 Å². The summed E-state index contributed by atoms with van der Waals surface area (Å²) < 4.78 is 11.6. The molecule has 2 heterocycles. The van der Waals surface area contributed by atoms with E-state index in [0.717, 1.165) is 29.7 Å². The molecule has 1 aliphatic heterocycles. The molecule has 4 aromatic rings. The fraction of sp³-hybridized carbons (Fsp3) is 0.250. The van der Waals surface area contributed by atoms with E-state index in [2.05, 4.69) is 15.5 Å². The molecular formula is C28H28N4O3. The van der Waals surface area contributed by atoms with Gasteiger partial charge in [-0.3, -0.25) is 0 Å². The van der Waals surface area contributed by atoms with Crippen molar-refractivity contribution in [3.8, 4) is 5.75 Å². The van der Waals surface area contributed by atoms with Crippen LogP contribution < -0.4 is 10.1 Å². The Balaban J connectivity index is 1.24. The van der Waals surface area contributed by atoms with Crippen LogP contribution in [-0.4, -0.2) is 34.2 Å². The van der Waals surface area contributed by atoms with E-state index < -0.39 is 0 Å². The van der Waals surface area contributed by atoms with E-state index in [1.807, 2.05) is 95.9 Å². The molecule has 0 saturated carbocycles. The Morgan fingerprint density at radius 3 is 2.23 bits per heavy atom. The molecule has 0 aliphatic carbocycles. The molecule has 7 nitrogen and oxygen atoms in total. The van der Waals surface area contributed by atoms with E-state index in [9.17, 15) is 4.79 Å². The van der Waals surface area contributed by atoms with Crippen molar-refractivity contribution >= 4 is 6.03 Å². The molecule has 0 bridgehead atoms. The number of aromatic nitrogens is 2. The summed E-state index contributed by atoms with van der Waals surface area (Å²) in [6.07, 6.45) is 1.77. The van der Waals surface area contributed by atoms with Gasteiger partial charge in [0.2, 0.25) is 5.89 Å². The average molecular weight is 469 g/mol. The molecule has 5 rings (SSSR count). The first kappa shape index (κ1) is 22.7. The predicted octanol–water partition coefficient (Wildman–Crippen LogP) is 5.33. The van der Waals surface area contributed by atoms with Crippen LogP contribution in [0, 0.1) is 0 Å². The van der Waals surface area contributed by atoms with Crippen molar-refractivity contribution in [3.63, 3.8) is 0 Å². The standard InChI is InChI=1S/C28H28N4O3/c33-28(29-26(21-11-4-1-5-12-21)22-13-6-2-7-14-22)32-18-10-15-23(19-32)27-31-30-25(35-27)20-34-24-16-8-3-9-17-24/h1-9,11-14,16-17,23,26H,10,15,18-20H2,(H,29,33). The molecule has 178 valence electrons. The minimum atomic E-state index is -0.226. The van der Waals surface area contributed by atoms with Crippen LogP contribution in [0.4, 0.5) is 4.79 Å². The number of para-hydroxylation sites is 1. The van der Waals surface area contributed by atoms with E-state index in [4.69, 9.17) is 9.15 Å². The third kappa shape index (κ3) is 5.69. The normalized spacial score (nSPS) is 15.7. The van der Waals surface area contributed by atoms with Gasteiger partial charge in [0.05, 0.1) is 12.0 Å². The minimum Gasteiger partial charge on any atom is -0.484 e. The van der Waals surface area contributed by atoms with Gasteiger partial charge in [0.25, 0.3) is 5.89 Å². The number of likely N-dealkylation sites (tertiary alicyclic amines) is 1. The average Bonchev–Trinajstić information content (AvgIpc) is 3.41. The highest BCUT2D eigenvalue weighted by atomic mass is 16.5. The number of carbonyl (C=O) groups excluding carboxylic acids is 1. The van der Waals surface area contributed by atoms with Crippen molar-refractivity contribution in [1.82, 2.24) is 20.4 Å². The van der Waals surface area contributed by atoms with Gasteiger partial charge in [-0.25, -0.2) is 4.79 Å². The summed E-state index contributed by atoms with van der Waals surface area (Å²) in [7, 11) is 0. The number of amides is 2. The second kappa shape index (κ2) is 10.9. The first-order valence-electron chi connectivity index (χ1n) is 11.9. The first-order valence-corrected chi connectivity index (χ1v) is 11.9. The molecule has 0 radical (unpaired) electrons. The lowest BCUT2D eigenvalue weighted by Gasteiger charge is -2.32. The first-order chi connectivity index (χ1) is 17.3. The van der Waals surface area contributed by atoms with Gasteiger partial charge in [-0.15, -0.1) is 10.2 Å². The summed E-state index contributed by atoms with van der Waals surface area (Å²) in [6, 6.07) is 29.3. The van der Waals surface area contributed by atoms with Gasteiger partial charge in [-0.2, -0.15) is 0 Å². The summed E-state index contributed by atoms with van der Waals surface area (Å²) in [4.78, 5) is 15.2. The number of ether oxygens (including phenoxy) is 1. The Morgan fingerprint density at radius 2 is 1.57 bits per heavy atom. The van der Waals surface area contributed by atoms with Crippen molar-refractivity contribution in [2.75, 3.05) is 13.1 Å². The van der Waals surface area contributed by atoms with Crippen LogP contribution in [0.15, 0.2) is 95.4 Å². The lowest BCUT2D eigenvalue weighted by atomic mass is 9.97. The molecule has 0 spiro atoms. The molecule has 2 amide bonds. The molecule has 7 heteroatoms. The topological polar surface area (TPSA) is 80.5 Å². The van der Waals surface area contributed by atoms with Gasteiger partial charge in [-0.1, -0.05) is 78.9 Å². The summed E-state index contributed by atoms with van der Waals surface area (Å²) in [5.74, 6) is 1.73. The second-order valence-electron chi connectivity index (χ2n) is 8.62. The lowest BCUT2D eigenvalue weighted by molar-refractivity contribution is 0.170.